The second-order valence-electron chi connectivity index (χ2n) is 7.11. The number of carbonyl (C=O) groups excluding carboxylic acids is 1. The molecule has 0 heterocycles. The van der Waals surface area contributed by atoms with Crippen LogP contribution in [0.4, 0.5) is 0 Å². The summed E-state index contributed by atoms with van der Waals surface area (Å²) in [5.74, 6) is -0.0268. The number of hydrogen-bond donors (Lipinski definition) is 1. The van der Waals surface area contributed by atoms with Gasteiger partial charge in [0, 0.05) is 22.3 Å². The molecule has 0 saturated carbocycles. The first-order chi connectivity index (χ1) is 13.1. The Morgan fingerprint density at radius 3 is 2.33 bits per heavy atom. The molecule has 0 aliphatic heterocycles. The van der Waals surface area contributed by atoms with Crippen LogP contribution in [0.5, 0.6) is 0 Å². The monoisotopic (exact) mass is 350 g/mol. The molecule has 0 saturated heterocycles. The standard InChI is InChI=1S/C25H18O2/c1-16-8-7-13-20-23(16)25(27,18-10-3-2-4-11-18)21-15-14-17-9-5-6-12-19(17)22(21)24(20)26/h2-15,27H,1H3. The van der Waals surface area contributed by atoms with Crippen LogP contribution in [0.15, 0.2) is 84.9 Å². The average Bonchev–Trinajstić information content (AvgIpc) is 2.72. The maximum absolute atomic E-state index is 13.5. The predicted molar refractivity (Wildman–Crippen MR) is 107 cm³/mol. The maximum atomic E-state index is 13.5. The van der Waals surface area contributed by atoms with Crippen molar-refractivity contribution in [3.8, 4) is 0 Å². The zero-order valence-corrected chi connectivity index (χ0v) is 14.9. The van der Waals surface area contributed by atoms with Gasteiger partial charge in [0.2, 0.25) is 0 Å². The second kappa shape index (κ2) is 5.63. The first-order valence-corrected chi connectivity index (χ1v) is 9.07. The van der Waals surface area contributed by atoms with Gasteiger partial charge in [-0.05, 0) is 28.8 Å². The van der Waals surface area contributed by atoms with Gasteiger partial charge in [0.1, 0.15) is 5.60 Å². The highest BCUT2D eigenvalue weighted by Crippen LogP contribution is 2.47. The van der Waals surface area contributed by atoms with E-state index in [2.05, 4.69) is 0 Å². The summed E-state index contributed by atoms with van der Waals surface area (Å²) in [5.41, 5.74) is 2.82. The van der Waals surface area contributed by atoms with Crippen molar-refractivity contribution in [2.75, 3.05) is 0 Å². The molecule has 5 rings (SSSR count). The molecule has 2 nitrogen and oxygen atoms in total. The Kier molecular flexibility index (Phi) is 3.33. The Labute approximate surface area is 157 Å². The molecule has 0 amide bonds. The summed E-state index contributed by atoms with van der Waals surface area (Å²) in [6, 6.07) is 27.0. The van der Waals surface area contributed by atoms with E-state index in [1.165, 1.54) is 0 Å². The molecule has 0 fully saturated rings. The van der Waals surface area contributed by atoms with Gasteiger partial charge in [-0.25, -0.2) is 0 Å². The van der Waals surface area contributed by atoms with Crippen LogP contribution >= 0.6 is 0 Å². The summed E-state index contributed by atoms with van der Waals surface area (Å²) in [6.07, 6.45) is 0. The Hall–Kier alpha value is -3.23. The number of carbonyl (C=O) groups is 1. The number of benzene rings is 4. The molecule has 1 N–H and O–H groups in total. The van der Waals surface area contributed by atoms with Crippen molar-refractivity contribution >= 4 is 16.6 Å². The van der Waals surface area contributed by atoms with Gasteiger partial charge in [0.25, 0.3) is 0 Å². The molecule has 2 heteroatoms. The lowest BCUT2D eigenvalue weighted by molar-refractivity contribution is 0.0950. The number of aryl methyl sites for hydroxylation is 1. The highest BCUT2D eigenvalue weighted by Gasteiger charge is 2.45. The minimum atomic E-state index is -1.37. The highest BCUT2D eigenvalue weighted by atomic mass is 16.3. The van der Waals surface area contributed by atoms with E-state index in [9.17, 15) is 9.90 Å². The number of rotatable bonds is 1. The molecule has 0 bridgehead atoms. The van der Waals surface area contributed by atoms with Gasteiger partial charge in [-0.2, -0.15) is 0 Å². The lowest BCUT2D eigenvalue weighted by Crippen LogP contribution is -2.37. The van der Waals surface area contributed by atoms with Gasteiger partial charge >= 0.3 is 0 Å². The Morgan fingerprint density at radius 1 is 0.778 bits per heavy atom. The molecule has 130 valence electrons. The average molecular weight is 350 g/mol. The zero-order valence-electron chi connectivity index (χ0n) is 14.9. The topological polar surface area (TPSA) is 37.3 Å². The lowest BCUT2D eigenvalue weighted by Gasteiger charge is -2.38. The molecule has 4 aromatic rings. The van der Waals surface area contributed by atoms with E-state index in [1.807, 2.05) is 91.9 Å². The molecule has 0 radical (unpaired) electrons. The van der Waals surface area contributed by atoms with E-state index in [0.717, 1.165) is 21.9 Å². The van der Waals surface area contributed by atoms with Crippen LogP contribution in [0.2, 0.25) is 0 Å². The van der Waals surface area contributed by atoms with Crippen molar-refractivity contribution in [3.63, 3.8) is 0 Å². The van der Waals surface area contributed by atoms with Crippen molar-refractivity contribution < 1.29 is 9.90 Å². The quantitative estimate of drug-likeness (QED) is 0.526. The van der Waals surface area contributed by atoms with Crippen LogP contribution in [0, 0.1) is 6.92 Å². The highest BCUT2D eigenvalue weighted by molar-refractivity contribution is 6.20. The predicted octanol–water partition coefficient (Wildman–Crippen LogP) is 4.98. The van der Waals surface area contributed by atoms with Gasteiger partial charge < -0.3 is 5.11 Å². The van der Waals surface area contributed by atoms with E-state index in [0.29, 0.717) is 22.3 Å². The van der Waals surface area contributed by atoms with Crippen molar-refractivity contribution in [2.24, 2.45) is 0 Å². The first kappa shape index (κ1) is 16.0. The fraction of sp³-hybridized carbons (Fsp3) is 0.0800. The maximum Gasteiger partial charge on any atom is 0.194 e. The molecular formula is C25H18O2. The third kappa shape index (κ3) is 2.08. The number of ketones is 1. The number of aliphatic hydroxyl groups is 1. The first-order valence-electron chi connectivity index (χ1n) is 9.07. The van der Waals surface area contributed by atoms with Crippen LogP contribution in [0.25, 0.3) is 10.8 Å². The fourth-order valence-corrected chi connectivity index (χ4v) is 4.40. The SMILES string of the molecule is Cc1cccc2c1C(O)(c1ccccc1)c1ccc3ccccc3c1C2=O. The minimum absolute atomic E-state index is 0.0268. The molecule has 0 aromatic heterocycles. The molecule has 1 unspecified atom stereocenters. The van der Waals surface area contributed by atoms with E-state index in [-0.39, 0.29) is 5.78 Å². The van der Waals surface area contributed by atoms with E-state index < -0.39 is 5.60 Å². The molecule has 0 spiro atoms. The largest absolute Gasteiger partial charge is 0.376 e. The van der Waals surface area contributed by atoms with Gasteiger partial charge in [-0.1, -0.05) is 84.9 Å². The van der Waals surface area contributed by atoms with Gasteiger partial charge in [-0.3, -0.25) is 4.79 Å². The molecule has 1 aliphatic rings. The summed E-state index contributed by atoms with van der Waals surface area (Å²) in [7, 11) is 0. The third-order valence-electron chi connectivity index (χ3n) is 5.62. The minimum Gasteiger partial charge on any atom is -0.376 e. The zero-order chi connectivity index (χ0) is 18.6. The van der Waals surface area contributed by atoms with Crippen LogP contribution in [-0.4, -0.2) is 10.9 Å². The number of fused-ring (bicyclic) bond motifs is 4. The number of hydrogen-bond acceptors (Lipinski definition) is 2. The van der Waals surface area contributed by atoms with Gasteiger partial charge in [0.05, 0.1) is 0 Å². The second-order valence-corrected chi connectivity index (χ2v) is 7.11. The molecule has 27 heavy (non-hydrogen) atoms. The molecule has 4 aromatic carbocycles. The summed E-state index contributed by atoms with van der Waals surface area (Å²) >= 11 is 0. The normalized spacial score (nSPS) is 18.2. The van der Waals surface area contributed by atoms with Crippen LogP contribution in [0.1, 0.15) is 38.2 Å². The summed E-state index contributed by atoms with van der Waals surface area (Å²) in [6.45, 7) is 1.95. The van der Waals surface area contributed by atoms with E-state index in [4.69, 9.17) is 0 Å². The summed E-state index contributed by atoms with van der Waals surface area (Å²) < 4.78 is 0. The molecular weight excluding hydrogens is 332 g/mol. The lowest BCUT2D eigenvalue weighted by atomic mass is 9.68. The Bertz CT molecular complexity index is 1210. The molecule has 1 atom stereocenters. The van der Waals surface area contributed by atoms with Crippen LogP contribution < -0.4 is 0 Å². The van der Waals surface area contributed by atoms with Crippen LogP contribution in [0.3, 0.4) is 0 Å². The Morgan fingerprint density at radius 2 is 1.52 bits per heavy atom. The Balaban J connectivity index is 1.98. The summed E-state index contributed by atoms with van der Waals surface area (Å²) in [4.78, 5) is 13.5. The smallest absolute Gasteiger partial charge is 0.194 e. The molecule has 1 aliphatic carbocycles. The van der Waals surface area contributed by atoms with Crippen molar-refractivity contribution in [3.05, 3.63) is 118 Å². The van der Waals surface area contributed by atoms with Crippen LogP contribution in [-0.2, 0) is 5.60 Å². The van der Waals surface area contributed by atoms with E-state index >= 15 is 0 Å². The third-order valence-corrected chi connectivity index (χ3v) is 5.62. The van der Waals surface area contributed by atoms with Gasteiger partial charge in [0.15, 0.2) is 5.78 Å². The fourth-order valence-electron chi connectivity index (χ4n) is 4.40. The summed E-state index contributed by atoms with van der Waals surface area (Å²) in [5, 5.41) is 14.0. The van der Waals surface area contributed by atoms with Gasteiger partial charge in [-0.15, -0.1) is 0 Å². The van der Waals surface area contributed by atoms with Crippen molar-refractivity contribution in [2.45, 2.75) is 12.5 Å². The van der Waals surface area contributed by atoms with Crippen molar-refractivity contribution in [1.82, 2.24) is 0 Å². The van der Waals surface area contributed by atoms with Crippen molar-refractivity contribution in [1.29, 1.82) is 0 Å². The van der Waals surface area contributed by atoms with E-state index in [1.54, 1.807) is 0 Å².